The fourth-order valence-electron chi connectivity index (χ4n) is 4.35. The van der Waals surface area contributed by atoms with Gasteiger partial charge in [-0.05, 0) is 23.0 Å². The van der Waals surface area contributed by atoms with E-state index in [2.05, 4.69) is 0 Å². The monoisotopic (exact) mass is 529 g/mol. The zero-order valence-corrected chi connectivity index (χ0v) is 22.6. The van der Waals surface area contributed by atoms with Crippen LogP contribution < -0.4 is 17.2 Å². The Bertz CT molecular complexity index is 967. The lowest BCUT2D eigenvalue weighted by Gasteiger charge is -2.32. The first kappa shape index (κ1) is 31.2. The molecule has 5 atom stereocenters. The molecule has 0 aliphatic rings. The number of aliphatic hydroxyl groups excluding tert-OH is 1. The number of amides is 1. The predicted octanol–water partition coefficient (Wildman–Crippen LogP) is 3.08. The molecule has 2 aromatic carbocycles. The van der Waals surface area contributed by atoms with Crippen LogP contribution in [0.25, 0.3) is 0 Å². The van der Waals surface area contributed by atoms with Crippen molar-refractivity contribution < 1.29 is 28.9 Å². The Kier molecular flexibility index (Phi) is 12.7. The molecule has 7 N–H and O–H groups in total. The zero-order chi connectivity index (χ0) is 28.1. The summed E-state index contributed by atoms with van der Waals surface area (Å²) in [5.41, 5.74) is 19.2. The Morgan fingerprint density at radius 2 is 1.55 bits per heavy atom. The van der Waals surface area contributed by atoms with Crippen molar-refractivity contribution in [3.63, 3.8) is 0 Å². The molecule has 0 spiro atoms. The molecular weight excluding hydrogens is 486 g/mol. The van der Waals surface area contributed by atoms with Gasteiger partial charge in [-0.15, -0.1) is 0 Å². The molecule has 210 valence electrons. The van der Waals surface area contributed by atoms with Crippen molar-refractivity contribution >= 4 is 12.1 Å². The smallest absolute Gasteiger partial charge is 0.404 e. The van der Waals surface area contributed by atoms with E-state index in [1.54, 1.807) is 0 Å². The largest absolute Gasteiger partial charge is 0.460 e. The quantitative estimate of drug-likeness (QED) is 0.256. The van der Waals surface area contributed by atoms with Crippen LogP contribution >= 0.6 is 0 Å². The Morgan fingerprint density at radius 1 is 0.947 bits per heavy atom. The molecule has 0 radical (unpaired) electrons. The van der Waals surface area contributed by atoms with Gasteiger partial charge in [0.25, 0.3) is 0 Å². The van der Waals surface area contributed by atoms with E-state index in [0.717, 1.165) is 11.1 Å². The first-order valence-electron chi connectivity index (χ1n) is 13.0. The Hall–Kier alpha value is -2.98. The number of ether oxygens (including phenoxy) is 3. The number of carbonyl (C=O) groups excluding carboxylic acids is 2. The highest BCUT2D eigenvalue weighted by Crippen LogP contribution is 2.31. The lowest BCUT2D eigenvalue weighted by atomic mass is 9.79. The van der Waals surface area contributed by atoms with Crippen molar-refractivity contribution in [1.29, 1.82) is 0 Å². The van der Waals surface area contributed by atoms with Gasteiger partial charge in [0.1, 0.15) is 18.3 Å². The number of rotatable bonds is 15. The molecule has 0 aliphatic carbocycles. The fraction of sp³-hybridized carbons (Fsp3) is 0.517. The van der Waals surface area contributed by atoms with E-state index in [9.17, 15) is 14.7 Å². The molecule has 0 aliphatic heterocycles. The minimum absolute atomic E-state index is 0.0163. The normalized spacial score (nSPS) is 15.6. The zero-order valence-electron chi connectivity index (χ0n) is 22.6. The van der Waals surface area contributed by atoms with Crippen LogP contribution in [-0.4, -0.2) is 55.2 Å². The van der Waals surface area contributed by atoms with Gasteiger partial charge in [0.15, 0.2) is 0 Å². The van der Waals surface area contributed by atoms with Gasteiger partial charge in [-0.1, -0.05) is 81.4 Å². The molecule has 9 nitrogen and oxygen atoms in total. The van der Waals surface area contributed by atoms with Crippen LogP contribution in [0.3, 0.4) is 0 Å². The molecule has 9 heteroatoms. The van der Waals surface area contributed by atoms with Crippen LogP contribution in [0.2, 0.25) is 0 Å². The maximum atomic E-state index is 13.2. The molecule has 0 saturated carbocycles. The van der Waals surface area contributed by atoms with Gasteiger partial charge >= 0.3 is 12.1 Å². The highest BCUT2D eigenvalue weighted by molar-refractivity contribution is 5.73. The summed E-state index contributed by atoms with van der Waals surface area (Å²) in [4.78, 5) is 24.8. The summed E-state index contributed by atoms with van der Waals surface area (Å²) in [6.07, 6.45) is -2.16. The van der Waals surface area contributed by atoms with E-state index in [0.29, 0.717) is 12.8 Å². The first-order chi connectivity index (χ1) is 18.0. The Morgan fingerprint density at radius 3 is 2.08 bits per heavy atom. The van der Waals surface area contributed by atoms with Crippen molar-refractivity contribution in [3.05, 3.63) is 71.8 Å². The number of primary amides is 1. The molecule has 5 unspecified atom stereocenters. The molecule has 0 fully saturated rings. The van der Waals surface area contributed by atoms with E-state index in [1.165, 1.54) is 0 Å². The van der Waals surface area contributed by atoms with Crippen LogP contribution in [0.15, 0.2) is 60.7 Å². The number of benzene rings is 2. The van der Waals surface area contributed by atoms with Gasteiger partial charge in [0.05, 0.1) is 12.5 Å². The van der Waals surface area contributed by atoms with Crippen molar-refractivity contribution in [1.82, 2.24) is 0 Å². The van der Waals surface area contributed by atoms with E-state index < -0.39 is 47.7 Å². The van der Waals surface area contributed by atoms with E-state index in [-0.39, 0.29) is 26.2 Å². The van der Waals surface area contributed by atoms with Crippen LogP contribution in [0, 0.1) is 11.3 Å². The standard InChI is InChI=1S/C29H43N3O6/c1-29(2,3)23(14-15-33)27(34)37-22(17-24(31)21-12-8-5-9-13-21)19-36-26(18-30)25(38-28(32)35)16-20-10-6-4-7-11-20/h4-13,22-26,33H,14-19,30-31H2,1-3H3,(H2,32,35). The van der Waals surface area contributed by atoms with Gasteiger partial charge < -0.3 is 36.5 Å². The molecule has 2 aromatic rings. The third kappa shape index (κ3) is 10.4. The third-order valence-electron chi connectivity index (χ3n) is 6.47. The second-order valence-electron chi connectivity index (χ2n) is 10.5. The lowest BCUT2D eigenvalue weighted by molar-refractivity contribution is -0.165. The molecule has 0 heterocycles. The van der Waals surface area contributed by atoms with Crippen LogP contribution in [0.5, 0.6) is 0 Å². The molecule has 2 rings (SSSR count). The molecule has 0 bridgehead atoms. The van der Waals surface area contributed by atoms with Crippen molar-refractivity contribution in [2.45, 2.75) is 64.4 Å². The lowest BCUT2D eigenvalue weighted by Crippen LogP contribution is -2.44. The average molecular weight is 530 g/mol. The first-order valence-corrected chi connectivity index (χ1v) is 13.0. The maximum Gasteiger partial charge on any atom is 0.404 e. The Labute approximate surface area is 225 Å². The Balaban J connectivity index is 2.21. The molecule has 1 amide bonds. The summed E-state index contributed by atoms with van der Waals surface area (Å²) in [6.45, 7) is 5.67. The second-order valence-corrected chi connectivity index (χ2v) is 10.5. The van der Waals surface area contributed by atoms with Crippen LogP contribution in [0.1, 0.15) is 50.8 Å². The van der Waals surface area contributed by atoms with E-state index >= 15 is 0 Å². The topological polar surface area (TPSA) is 160 Å². The number of hydrogen-bond acceptors (Lipinski definition) is 8. The minimum atomic E-state index is -0.931. The van der Waals surface area contributed by atoms with Crippen molar-refractivity contribution in [2.75, 3.05) is 19.8 Å². The third-order valence-corrected chi connectivity index (χ3v) is 6.47. The van der Waals surface area contributed by atoms with Crippen LogP contribution in [0.4, 0.5) is 4.79 Å². The van der Waals surface area contributed by atoms with Gasteiger partial charge in [-0.3, -0.25) is 4.79 Å². The van der Waals surface area contributed by atoms with E-state index in [4.69, 9.17) is 31.4 Å². The minimum Gasteiger partial charge on any atom is -0.460 e. The number of aliphatic hydroxyl groups is 1. The molecule has 0 saturated heterocycles. The van der Waals surface area contributed by atoms with Gasteiger partial charge in [-0.2, -0.15) is 0 Å². The van der Waals surface area contributed by atoms with Gasteiger partial charge in [0, 0.05) is 32.0 Å². The fourth-order valence-corrected chi connectivity index (χ4v) is 4.35. The number of hydrogen-bond donors (Lipinski definition) is 4. The summed E-state index contributed by atoms with van der Waals surface area (Å²) >= 11 is 0. The summed E-state index contributed by atoms with van der Waals surface area (Å²) in [6, 6.07) is 18.6. The van der Waals surface area contributed by atoms with Crippen LogP contribution in [-0.2, 0) is 25.4 Å². The van der Waals surface area contributed by atoms with Crippen molar-refractivity contribution in [2.24, 2.45) is 28.5 Å². The number of nitrogens with two attached hydrogens (primary N) is 3. The number of esters is 1. The highest BCUT2D eigenvalue weighted by atomic mass is 16.6. The summed E-state index contributed by atoms with van der Waals surface area (Å²) in [5, 5.41) is 9.52. The highest BCUT2D eigenvalue weighted by Gasteiger charge is 2.34. The summed E-state index contributed by atoms with van der Waals surface area (Å²) < 4.78 is 17.4. The molecule has 0 aromatic heterocycles. The molecule has 38 heavy (non-hydrogen) atoms. The van der Waals surface area contributed by atoms with Crippen molar-refractivity contribution in [3.8, 4) is 0 Å². The predicted molar refractivity (Wildman–Crippen MR) is 146 cm³/mol. The number of carbonyl (C=O) groups is 2. The van der Waals surface area contributed by atoms with Gasteiger partial charge in [-0.25, -0.2) is 4.79 Å². The average Bonchev–Trinajstić information content (AvgIpc) is 2.87. The van der Waals surface area contributed by atoms with E-state index in [1.807, 2.05) is 81.4 Å². The second kappa shape index (κ2) is 15.4. The molecular formula is C29H43N3O6. The van der Waals surface area contributed by atoms with Gasteiger partial charge in [0.2, 0.25) is 0 Å². The maximum absolute atomic E-state index is 13.2. The SMILES string of the molecule is CC(C)(C)C(CCO)C(=O)OC(COC(CN)C(Cc1ccccc1)OC(N)=O)CC(N)c1ccccc1. The summed E-state index contributed by atoms with van der Waals surface area (Å²) in [5.74, 6) is -0.948. The summed E-state index contributed by atoms with van der Waals surface area (Å²) in [7, 11) is 0.